The Balaban J connectivity index is 2.31. The molecule has 7 nitrogen and oxygen atoms in total. The summed E-state index contributed by atoms with van der Waals surface area (Å²) in [6.07, 6.45) is -1.92. The van der Waals surface area contributed by atoms with Gasteiger partial charge in [-0.25, -0.2) is 4.79 Å². The number of aliphatic hydroxyl groups excluding tert-OH is 2. The highest BCUT2D eigenvalue weighted by molar-refractivity contribution is 5.81. The van der Waals surface area contributed by atoms with Crippen LogP contribution in [-0.2, 0) is 16.1 Å². The Hall–Kier alpha value is -2.12. The first kappa shape index (κ1) is 19.9. The fraction of sp³-hybridized carbons (Fsp3) is 0.529. The van der Waals surface area contributed by atoms with Crippen LogP contribution in [0, 0.1) is 5.41 Å². The van der Waals surface area contributed by atoms with E-state index in [0.717, 1.165) is 5.56 Å². The second-order valence-corrected chi connectivity index (χ2v) is 6.40. The molecule has 0 aliphatic rings. The van der Waals surface area contributed by atoms with Gasteiger partial charge >= 0.3 is 6.09 Å². The van der Waals surface area contributed by atoms with Crippen LogP contribution in [0.2, 0.25) is 0 Å². The van der Waals surface area contributed by atoms with Crippen molar-refractivity contribution in [3.8, 4) is 0 Å². The molecule has 0 radical (unpaired) electrons. The van der Waals surface area contributed by atoms with Crippen molar-refractivity contribution in [1.82, 2.24) is 10.6 Å². The summed E-state index contributed by atoms with van der Waals surface area (Å²) in [5, 5.41) is 24.1. The Morgan fingerprint density at radius 1 is 1.25 bits per heavy atom. The number of carbonyl (C=O) groups excluding carboxylic acids is 2. The molecular formula is C17H26N2O5. The minimum Gasteiger partial charge on any atom is -0.445 e. The molecule has 1 unspecified atom stereocenters. The third-order valence-corrected chi connectivity index (χ3v) is 3.56. The highest BCUT2D eigenvalue weighted by atomic mass is 16.5. The van der Waals surface area contributed by atoms with Gasteiger partial charge in [-0.3, -0.25) is 4.79 Å². The van der Waals surface area contributed by atoms with Crippen molar-refractivity contribution in [3.05, 3.63) is 35.9 Å². The number of rotatable bonds is 8. The molecule has 2 atom stereocenters. The smallest absolute Gasteiger partial charge is 0.407 e. The molecule has 0 bridgehead atoms. The Bertz CT molecular complexity index is 533. The Morgan fingerprint density at radius 2 is 1.88 bits per heavy atom. The van der Waals surface area contributed by atoms with E-state index >= 15 is 0 Å². The van der Waals surface area contributed by atoms with Gasteiger partial charge in [-0.2, -0.15) is 0 Å². The van der Waals surface area contributed by atoms with Crippen LogP contribution in [-0.4, -0.2) is 47.5 Å². The zero-order valence-electron chi connectivity index (χ0n) is 14.3. The van der Waals surface area contributed by atoms with E-state index in [9.17, 15) is 14.7 Å². The lowest BCUT2D eigenvalue weighted by molar-refractivity contribution is -0.137. The quantitative estimate of drug-likeness (QED) is 0.561. The lowest BCUT2D eigenvalue weighted by Gasteiger charge is -2.27. The maximum Gasteiger partial charge on any atom is 0.407 e. The molecule has 24 heavy (non-hydrogen) atoms. The molecule has 0 aliphatic heterocycles. The van der Waals surface area contributed by atoms with Crippen LogP contribution in [0.4, 0.5) is 4.79 Å². The summed E-state index contributed by atoms with van der Waals surface area (Å²) in [6.45, 7) is 4.85. The Morgan fingerprint density at radius 3 is 2.46 bits per heavy atom. The van der Waals surface area contributed by atoms with E-state index in [1.165, 1.54) is 0 Å². The second-order valence-electron chi connectivity index (χ2n) is 6.40. The number of hydrogen-bond donors (Lipinski definition) is 4. The van der Waals surface area contributed by atoms with E-state index < -0.39 is 23.5 Å². The third-order valence-electron chi connectivity index (χ3n) is 3.56. The van der Waals surface area contributed by atoms with Crippen molar-refractivity contribution in [3.63, 3.8) is 0 Å². The lowest BCUT2D eigenvalue weighted by Crippen LogP contribution is -2.49. The van der Waals surface area contributed by atoms with Gasteiger partial charge in [0, 0.05) is 18.0 Å². The second kappa shape index (κ2) is 9.24. The molecule has 1 aromatic carbocycles. The van der Waals surface area contributed by atoms with Crippen LogP contribution in [0.3, 0.4) is 0 Å². The molecule has 1 aromatic rings. The molecule has 4 N–H and O–H groups in total. The monoisotopic (exact) mass is 338 g/mol. The minimum atomic E-state index is -1.33. The summed E-state index contributed by atoms with van der Waals surface area (Å²) < 4.78 is 5.08. The van der Waals surface area contributed by atoms with Crippen molar-refractivity contribution in [2.24, 2.45) is 5.41 Å². The summed E-state index contributed by atoms with van der Waals surface area (Å²) in [5.41, 5.74) is -0.0574. The standard InChI is InChI=1S/C17H26N2O5/c1-12(9-18-15(22)14(21)17(2,3)11-20)19-16(23)24-10-13-7-5-4-6-8-13/h4-8,12,14,20-21H,9-11H2,1-3H3,(H,18,22)(H,19,23)/t12-,14?/m1/s1. The first-order valence-corrected chi connectivity index (χ1v) is 7.80. The third kappa shape index (κ3) is 6.55. The highest BCUT2D eigenvalue weighted by Crippen LogP contribution is 2.19. The van der Waals surface area contributed by atoms with Gasteiger partial charge in [-0.1, -0.05) is 44.2 Å². The van der Waals surface area contributed by atoms with Crippen molar-refractivity contribution in [1.29, 1.82) is 0 Å². The Labute approximate surface area is 142 Å². The maximum absolute atomic E-state index is 11.8. The van der Waals surface area contributed by atoms with Gasteiger partial charge in [0.2, 0.25) is 5.91 Å². The first-order valence-electron chi connectivity index (χ1n) is 7.80. The van der Waals surface area contributed by atoms with Crippen LogP contribution in [0.5, 0.6) is 0 Å². The SMILES string of the molecule is C[C@H](CNC(=O)C(O)C(C)(C)CO)NC(=O)OCc1ccccc1. The zero-order valence-corrected chi connectivity index (χ0v) is 14.3. The predicted octanol–water partition coefficient (Wildman–Crippen LogP) is 0.797. The van der Waals surface area contributed by atoms with E-state index in [2.05, 4.69) is 10.6 Å². The van der Waals surface area contributed by atoms with Crippen molar-refractivity contribution < 1.29 is 24.5 Å². The summed E-state index contributed by atoms with van der Waals surface area (Å²) in [5.74, 6) is -0.597. The van der Waals surface area contributed by atoms with Gasteiger partial charge in [-0.05, 0) is 12.5 Å². The topological polar surface area (TPSA) is 108 Å². The molecule has 0 aromatic heterocycles. The van der Waals surface area contributed by atoms with E-state index in [1.54, 1.807) is 20.8 Å². The summed E-state index contributed by atoms with van der Waals surface area (Å²) >= 11 is 0. The lowest BCUT2D eigenvalue weighted by atomic mass is 9.87. The molecule has 1 rings (SSSR count). The number of alkyl carbamates (subject to hydrolysis) is 1. The average Bonchev–Trinajstić information content (AvgIpc) is 2.58. The van der Waals surface area contributed by atoms with E-state index in [-0.39, 0.29) is 25.8 Å². The van der Waals surface area contributed by atoms with Crippen LogP contribution >= 0.6 is 0 Å². The molecule has 0 saturated carbocycles. The molecular weight excluding hydrogens is 312 g/mol. The van der Waals surface area contributed by atoms with Gasteiger partial charge in [-0.15, -0.1) is 0 Å². The fourth-order valence-corrected chi connectivity index (χ4v) is 1.81. The van der Waals surface area contributed by atoms with Crippen molar-refractivity contribution in [2.75, 3.05) is 13.2 Å². The number of hydrogen-bond acceptors (Lipinski definition) is 5. The van der Waals surface area contributed by atoms with Gasteiger partial charge in [0.25, 0.3) is 0 Å². The fourth-order valence-electron chi connectivity index (χ4n) is 1.81. The van der Waals surface area contributed by atoms with Gasteiger partial charge in [0.1, 0.15) is 12.7 Å². The van der Waals surface area contributed by atoms with Crippen LogP contribution in [0.1, 0.15) is 26.3 Å². The molecule has 7 heteroatoms. The van der Waals surface area contributed by atoms with Gasteiger partial charge in [0.05, 0.1) is 6.61 Å². The molecule has 0 aliphatic carbocycles. The number of aliphatic hydroxyl groups is 2. The largest absolute Gasteiger partial charge is 0.445 e. The van der Waals surface area contributed by atoms with Crippen molar-refractivity contribution in [2.45, 2.75) is 39.5 Å². The Kier molecular flexibility index (Phi) is 7.67. The van der Waals surface area contributed by atoms with E-state index in [0.29, 0.717) is 0 Å². The molecule has 134 valence electrons. The number of ether oxygens (including phenoxy) is 1. The number of carbonyl (C=O) groups is 2. The van der Waals surface area contributed by atoms with Gasteiger partial charge < -0.3 is 25.6 Å². The maximum atomic E-state index is 11.8. The van der Waals surface area contributed by atoms with Crippen LogP contribution in [0.15, 0.2) is 30.3 Å². The number of benzene rings is 1. The van der Waals surface area contributed by atoms with E-state index in [4.69, 9.17) is 9.84 Å². The molecule has 0 saturated heterocycles. The van der Waals surface area contributed by atoms with E-state index in [1.807, 2.05) is 30.3 Å². The number of amides is 2. The average molecular weight is 338 g/mol. The van der Waals surface area contributed by atoms with Crippen LogP contribution in [0.25, 0.3) is 0 Å². The highest BCUT2D eigenvalue weighted by Gasteiger charge is 2.32. The minimum absolute atomic E-state index is 0.137. The normalized spacial score (nSPS) is 13.7. The molecule has 0 spiro atoms. The predicted molar refractivity (Wildman–Crippen MR) is 89.1 cm³/mol. The van der Waals surface area contributed by atoms with Crippen molar-refractivity contribution >= 4 is 12.0 Å². The molecule has 0 heterocycles. The summed E-state index contributed by atoms with van der Waals surface area (Å²) in [4.78, 5) is 23.5. The molecule has 2 amide bonds. The summed E-state index contributed by atoms with van der Waals surface area (Å²) in [7, 11) is 0. The van der Waals surface area contributed by atoms with Crippen LogP contribution < -0.4 is 10.6 Å². The number of nitrogens with one attached hydrogen (secondary N) is 2. The first-order chi connectivity index (χ1) is 11.3. The zero-order chi connectivity index (χ0) is 18.2. The summed E-state index contributed by atoms with van der Waals surface area (Å²) in [6, 6.07) is 8.91. The van der Waals surface area contributed by atoms with Gasteiger partial charge in [0.15, 0.2) is 0 Å². The molecule has 0 fully saturated rings.